The molecule has 31 heavy (non-hydrogen) atoms. The summed E-state index contributed by atoms with van der Waals surface area (Å²) in [4.78, 5) is 12.4. The van der Waals surface area contributed by atoms with Gasteiger partial charge in [-0.3, -0.25) is 4.79 Å². The van der Waals surface area contributed by atoms with Crippen molar-refractivity contribution in [3.05, 3.63) is 57.6 Å². The van der Waals surface area contributed by atoms with Crippen molar-refractivity contribution in [2.24, 2.45) is 5.92 Å². The third-order valence-electron chi connectivity index (χ3n) is 5.38. The van der Waals surface area contributed by atoms with Crippen LogP contribution in [0.25, 0.3) is 0 Å². The molecule has 1 fully saturated rings. The van der Waals surface area contributed by atoms with Crippen molar-refractivity contribution in [1.29, 1.82) is 0 Å². The number of halogens is 3. The van der Waals surface area contributed by atoms with Crippen LogP contribution >= 0.6 is 35.6 Å². The number of amides is 1. The van der Waals surface area contributed by atoms with Crippen LogP contribution in [0.5, 0.6) is 0 Å². The zero-order valence-electron chi connectivity index (χ0n) is 17.2. The monoisotopic (exact) mass is 505 g/mol. The normalized spacial score (nSPS) is 15.7. The zero-order chi connectivity index (χ0) is 21.9. The molecule has 170 valence electrons. The van der Waals surface area contributed by atoms with Crippen LogP contribution in [-0.2, 0) is 10.0 Å². The molecule has 10 heteroatoms. The highest BCUT2D eigenvalue weighted by Crippen LogP contribution is 2.33. The molecule has 0 unspecified atom stereocenters. The van der Waals surface area contributed by atoms with Crippen molar-refractivity contribution < 1.29 is 13.2 Å². The minimum absolute atomic E-state index is 0. The fourth-order valence-electron chi connectivity index (χ4n) is 3.60. The summed E-state index contributed by atoms with van der Waals surface area (Å²) in [6.45, 7) is 5.44. The minimum atomic E-state index is -3.87. The van der Waals surface area contributed by atoms with Gasteiger partial charge in [-0.15, -0.1) is 12.4 Å². The van der Waals surface area contributed by atoms with E-state index in [2.05, 4.69) is 15.4 Å². The second-order valence-corrected chi connectivity index (χ2v) is 10.0. The van der Waals surface area contributed by atoms with Crippen molar-refractivity contribution in [3.8, 4) is 0 Å². The topological polar surface area (TPSA) is 87.3 Å². The molecular weight excluding hydrogens is 481 g/mol. The number of anilines is 1. The SMILES string of the molecule is Cc1ccccc1C(=O)Nc1cc(Cl)c(S(=O)(=O)N[C@@H](C)C2CCNCC2)cc1Cl.Cl. The maximum Gasteiger partial charge on any atom is 0.255 e. The van der Waals surface area contributed by atoms with Crippen LogP contribution in [0.3, 0.4) is 0 Å². The van der Waals surface area contributed by atoms with Gasteiger partial charge in [-0.1, -0.05) is 41.4 Å². The van der Waals surface area contributed by atoms with E-state index in [1.165, 1.54) is 12.1 Å². The third kappa shape index (κ3) is 6.34. The van der Waals surface area contributed by atoms with Gasteiger partial charge in [0.2, 0.25) is 10.0 Å². The molecule has 3 N–H and O–H groups in total. The summed E-state index contributed by atoms with van der Waals surface area (Å²) in [7, 11) is -3.87. The lowest BCUT2D eigenvalue weighted by atomic mass is 9.92. The number of rotatable bonds is 6. The number of carbonyl (C=O) groups excluding carboxylic acids is 1. The highest BCUT2D eigenvalue weighted by molar-refractivity contribution is 7.89. The maximum absolute atomic E-state index is 12.9. The number of aryl methyl sites for hydroxylation is 1. The Morgan fingerprint density at radius 2 is 1.77 bits per heavy atom. The molecule has 1 heterocycles. The predicted molar refractivity (Wildman–Crippen MR) is 128 cm³/mol. The molecule has 0 saturated carbocycles. The van der Waals surface area contributed by atoms with Gasteiger partial charge < -0.3 is 10.6 Å². The highest BCUT2D eigenvalue weighted by Gasteiger charge is 2.27. The summed E-state index contributed by atoms with van der Waals surface area (Å²) in [5.41, 5.74) is 1.56. The average molecular weight is 507 g/mol. The first-order chi connectivity index (χ1) is 14.2. The van der Waals surface area contributed by atoms with Crippen LogP contribution in [0.4, 0.5) is 5.69 Å². The number of carbonyl (C=O) groups is 1. The van der Waals surface area contributed by atoms with Gasteiger partial charge in [0, 0.05) is 11.6 Å². The molecule has 0 aliphatic carbocycles. The molecule has 3 rings (SSSR count). The Morgan fingerprint density at radius 3 is 2.42 bits per heavy atom. The molecule has 1 amide bonds. The smallest absolute Gasteiger partial charge is 0.255 e. The van der Waals surface area contributed by atoms with Gasteiger partial charge in [0.1, 0.15) is 4.90 Å². The third-order valence-corrected chi connectivity index (χ3v) is 7.72. The second kappa shape index (κ2) is 11.0. The highest BCUT2D eigenvalue weighted by atomic mass is 35.5. The molecule has 6 nitrogen and oxygen atoms in total. The summed E-state index contributed by atoms with van der Waals surface area (Å²) in [6, 6.07) is 9.54. The van der Waals surface area contributed by atoms with Crippen molar-refractivity contribution in [2.75, 3.05) is 18.4 Å². The second-order valence-electron chi connectivity index (χ2n) is 7.53. The number of hydrogen-bond acceptors (Lipinski definition) is 4. The number of piperidine rings is 1. The first kappa shape index (κ1) is 25.9. The zero-order valence-corrected chi connectivity index (χ0v) is 20.4. The van der Waals surface area contributed by atoms with E-state index in [1.54, 1.807) is 12.1 Å². The first-order valence-corrected chi connectivity index (χ1v) is 12.0. The maximum atomic E-state index is 12.9. The Morgan fingerprint density at radius 1 is 1.13 bits per heavy atom. The molecule has 0 radical (unpaired) electrons. The van der Waals surface area contributed by atoms with Gasteiger partial charge in [-0.25, -0.2) is 13.1 Å². The molecule has 0 bridgehead atoms. The van der Waals surface area contributed by atoms with E-state index in [9.17, 15) is 13.2 Å². The Kier molecular flexibility index (Phi) is 9.18. The van der Waals surface area contributed by atoms with E-state index in [0.717, 1.165) is 31.5 Å². The fourth-order valence-corrected chi connectivity index (χ4v) is 5.74. The molecule has 1 aliphatic heterocycles. The van der Waals surface area contributed by atoms with Gasteiger partial charge in [-0.2, -0.15) is 0 Å². The van der Waals surface area contributed by atoms with E-state index in [-0.39, 0.29) is 50.9 Å². The van der Waals surface area contributed by atoms with Crippen molar-refractivity contribution in [1.82, 2.24) is 10.0 Å². The molecule has 2 aromatic rings. The van der Waals surface area contributed by atoms with E-state index < -0.39 is 10.0 Å². The quantitative estimate of drug-likeness (QED) is 0.532. The minimum Gasteiger partial charge on any atom is -0.321 e. The molecule has 2 aromatic carbocycles. The van der Waals surface area contributed by atoms with E-state index in [0.29, 0.717) is 5.56 Å². The van der Waals surface area contributed by atoms with Crippen LogP contribution in [0.1, 0.15) is 35.7 Å². The number of hydrogen-bond donors (Lipinski definition) is 3. The summed E-state index contributed by atoms with van der Waals surface area (Å²) in [6.07, 6.45) is 1.81. The average Bonchev–Trinajstić information content (AvgIpc) is 2.71. The first-order valence-electron chi connectivity index (χ1n) is 9.78. The van der Waals surface area contributed by atoms with E-state index in [1.807, 2.05) is 26.0 Å². The Labute approximate surface area is 199 Å². The van der Waals surface area contributed by atoms with E-state index >= 15 is 0 Å². The van der Waals surface area contributed by atoms with Gasteiger partial charge in [0.05, 0.1) is 15.7 Å². The Hall–Kier alpha value is -1.35. The van der Waals surface area contributed by atoms with Gasteiger partial charge >= 0.3 is 0 Å². The lowest BCUT2D eigenvalue weighted by molar-refractivity contribution is 0.102. The van der Waals surface area contributed by atoms with Crippen LogP contribution in [0, 0.1) is 12.8 Å². The Balaban J connectivity index is 0.00000341. The number of benzene rings is 2. The van der Waals surface area contributed by atoms with Crippen molar-refractivity contribution in [3.63, 3.8) is 0 Å². The summed E-state index contributed by atoms with van der Waals surface area (Å²) in [5.74, 6) is -0.0951. The fraction of sp³-hybridized carbons (Fsp3) is 0.381. The lowest BCUT2D eigenvalue weighted by Gasteiger charge is -2.28. The molecule has 1 saturated heterocycles. The molecular formula is C21H26Cl3N3O3S. The van der Waals surface area contributed by atoms with Crippen LogP contribution < -0.4 is 15.4 Å². The summed E-state index contributed by atoms with van der Waals surface area (Å²) < 4.78 is 28.5. The summed E-state index contributed by atoms with van der Waals surface area (Å²) >= 11 is 12.6. The number of sulfonamides is 1. The van der Waals surface area contributed by atoms with Crippen molar-refractivity contribution in [2.45, 2.75) is 37.6 Å². The molecule has 0 aromatic heterocycles. The molecule has 0 spiro atoms. The largest absolute Gasteiger partial charge is 0.321 e. The van der Waals surface area contributed by atoms with Gasteiger partial charge in [0.15, 0.2) is 0 Å². The van der Waals surface area contributed by atoms with Crippen LogP contribution in [0.15, 0.2) is 41.3 Å². The van der Waals surface area contributed by atoms with Gasteiger partial charge in [-0.05, 0) is 69.5 Å². The Bertz CT molecular complexity index is 1040. The van der Waals surface area contributed by atoms with Gasteiger partial charge in [0.25, 0.3) is 5.91 Å². The standard InChI is InChI=1S/C21H25Cl2N3O3S.ClH/c1-13-5-3-4-6-16(13)21(27)25-19-11-18(23)20(12-17(19)22)30(28,29)26-14(2)15-7-9-24-10-8-15;/h3-6,11-12,14-15,24,26H,7-10H2,1-2H3,(H,25,27);1H/t14-;/m0./s1. The van der Waals surface area contributed by atoms with Crippen molar-refractivity contribution >= 4 is 57.2 Å². The van der Waals surface area contributed by atoms with E-state index in [4.69, 9.17) is 23.2 Å². The molecule has 1 atom stereocenters. The molecule has 1 aliphatic rings. The number of nitrogens with one attached hydrogen (secondary N) is 3. The van der Waals surface area contributed by atoms with Crippen LogP contribution in [-0.4, -0.2) is 33.5 Å². The van der Waals surface area contributed by atoms with Crippen LogP contribution in [0.2, 0.25) is 10.0 Å². The summed E-state index contributed by atoms with van der Waals surface area (Å²) in [5, 5.41) is 6.05. The lowest BCUT2D eigenvalue weighted by Crippen LogP contribution is -2.42. The predicted octanol–water partition coefficient (Wildman–Crippen LogP) is 4.64.